The minimum absolute atomic E-state index is 0.0511. The highest BCUT2D eigenvalue weighted by Crippen LogP contribution is 2.32. The summed E-state index contributed by atoms with van der Waals surface area (Å²) in [7, 11) is 2.19. The van der Waals surface area contributed by atoms with Crippen LogP contribution in [0.3, 0.4) is 0 Å². The first-order valence-electron chi connectivity index (χ1n) is 17.2. The second kappa shape index (κ2) is 15.0. The standard InChI is InChI=1S/C34H49ClN8O3S/c1-3-24-19-23(20-28(35)30(24)36)21-29(32(44)41-12-5-26(6-13-41)40-11-4-10-39(2)16-17-40)37-33(45)42-14-7-27(8-15-42)43-22-25-9-18-47-31(25)38-34(43)46/h9,18-20,26-27,29H,3-8,10-17,21-22,36H2,1-2H3,(H,37,45)(H,38,46)/t29-/m1/s1. The second-order valence-corrected chi connectivity index (χ2v) is 14.8. The number of hydrogen-bond acceptors (Lipinski definition) is 7. The number of anilines is 2. The van der Waals surface area contributed by atoms with Crippen LogP contribution in [-0.4, -0.2) is 120 Å². The van der Waals surface area contributed by atoms with Crippen molar-refractivity contribution >= 4 is 51.6 Å². The van der Waals surface area contributed by atoms with E-state index in [1.54, 1.807) is 16.2 Å². The molecule has 5 amide bonds. The Morgan fingerprint density at radius 3 is 2.49 bits per heavy atom. The summed E-state index contributed by atoms with van der Waals surface area (Å²) in [5, 5.41) is 9.51. The van der Waals surface area contributed by atoms with E-state index in [1.807, 2.05) is 34.2 Å². The van der Waals surface area contributed by atoms with Gasteiger partial charge in [0.15, 0.2) is 0 Å². The van der Waals surface area contributed by atoms with Gasteiger partial charge in [0.05, 0.1) is 17.3 Å². The minimum atomic E-state index is -0.724. The van der Waals surface area contributed by atoms with Crippen LogP contribution < -0.4 is 16.4 Å². The molecule has 1 aromatic heterocycles. The molecule has 5 heterocycles. The van der Waals surface area contributed by atoms with E-state index in [0.717, 1.165) is 67.1 Å². The van der Waals surface area contributed by atoms with E-state index in [2.05, 4.69) is 33.5 Å². The summed E-state index contributed by atoms with van der Waals surface area (Å²) in [6.45, 7) is 9.39. The Morgan fingerprint density at radius 1 is 1.02 bits per heavy atom. The van der Waals surface area contributed by atoms with Gasteiger partial charge in [0.2, 0.25) is 5.91 Å². The number of piperidine rings is 2. The normalized spacial score (nSPS) is 21.3. The molecule has 6 rings (SSSR count). The molecular formula is C34H49ClN8O3S. The average Bonchev–Trinajstić information content (AvgIpc) is 3.42. The Balaban J connectivity index is 1.10. The number of likely N-dealkylation sites (tertiary alicyclic amines) is 2. The number of carbonyl (C=O) groups excluding carboxylic acids is 3. The number of aryl methyl sites for hydroxylation is 1. The number of amides is 5. The van der Waals surface area contributed by atoms with Gasteiger partial charge < -0.3 is 30.7 Å². The Morgan fingerprint density at radius 2 is 1.74 bits per heavy atom. The van der Waals surface area contributed by atoms with Crippen molar-refractivity contribution in [1.82, 2.24) is 29.8 Å². The van der Waals surface area contributed by atoms with Gasteiger partial charge in [-0.1, -0.05) is 24.6 Å². The summed E-state index contributed by atoms with van der Waals surface area (Å²) < 4.78 is 0. The van der Waals surface area contributed by atoms with Gasteiger partial charge in [-0.25, -0.2) is 9.59 Å². The highest BCUT2D eigenvalue weighted by molar-refractivity contribution is 7.14. The molecule has 0 bridgehead atoms. The van der Waals surface area contributed by atoms with Crippen LogP contribution in [0.1, 0.15) is 55.7 Å². The number of nitrogens with zero attached hydrogens (tertiary/aromatic N) is 5. The molecule has 11 nitrogen and oxygen atoms in total. The van der Waals surface area contributed by atoms with Crippen molar-refractivity contribution in [2.45, 2.75) is 76.5 Å². The van der Waals surface area contributed by atoms with Crippen LogP contribution in [-0.2, 0) is 24.2 Å². The van der Waals surface area contributed by atoms with E-state index in [4.69, 9.17) is 17.3 Å². The van der Waals surface area contributed by atoms with Crippen LogP contribution in [0.2, 0.25) is 5.02 Å². The lowest BCUT2D eigenvalue weighted by Crippen LogP contribution is -2.57. The van der Waals surface area contributed by atoms with Gasteiger partial charge in [0.1, 0.15) is 11.0 Å². The third-order valence-corrected chi connectivity index (χ3v) is 11.7. The first kappa shape index (κ1) is 33.8. The van der Waals surface area contributed by atoms with E-state index >= 15 is 0 Å². The third-order valence-electron chi connectivity index (χ3n) is 10.5. The Labute approximate surface area is 287 Å². The zero-order chi connectivity index (χ0) is 33.1. The number of thiophene rings is 1. The number of carbonyl (C=O) groups is 3. The number of nitrogens with one attached hydrogen (secondary N) is 2. The molecule has 47 heavy (non-hydrogen) atoms. The van der Waals surface area contributed by atoms with Crippen molar-refractivity contribution in [3.05, 3.63) is 45.3 Å². The molecule has 0 radical (unpaired) electrons. The SMILES string of the molecule is CCc1cc(C[C@@H](NC(=O)N2CCC(N3Cc4ccsc4NC3=O)CC2)C(=O)N2CCC(N3CCCN(C)CC3)CC2)cc(Cl)c1N. The van der Waals surface area contributed by atoms with Crippen molar-refractivity contribution in [2.24, 2.45) is 0 Å². The molecule has 3 fully saturated rings. The Kier molecular flexibility index (Phi) is 10.8. The maximum Gasteiger partial charge on any atom is 0.323 e. The first-order chi connectivity index (χ1) is 22.7. The fourth-order valence-corrected chi connectivity index (χ4v) is 8.66. The van der Waals surface area contributed by atoms with Crippen molar-refractivity contribution in [2.75, 3.05) is 70.5 Å². The van der Waals surface area contributed by atoms with E-state index in [0.29, 0.717) is 68.7 Å². The Hall–Kier alpha value is -3.06. The van der Waals surface area contributed by atoms with Gasteiger partial charge in [-0.05, 0) is 87.3 Å². The highest BCUT2D eigenvalue weighted by Gasteiger charge is 2.36. The summed E-state index contributed by atoms with van der Waals surface area (Å²) in [6.07, 6.45) is 5.48. The topological polar surface area (TPSA) is 117 Å². The molecule has 0 saturated carbocycles. The maximum absolute atomic E-state index is 14.1. The molecule has 0 aliphatic carbocycles. The number of likely N-dealkylation sites (N-methyl/N-ethyl adjacent to an activating group) is 1. The van der Waals surface area contributed by atoms with Crippen LogP contribution >= 0.6 is 22.9 Å². The number of urea groups is 2. The predicted octanol–water partition coefficient (Wildman–Crippen LogP) is 4.31. The van der Waals surface area contributed by atoms with Gasteiger partial charge in [-0.3, -0.25) is 15.0 Å². The van der Waals surface area contributed by atoms with Gasteiger partial charge in [0, 0.05) is 63.3 Å². The third kappa shape index (κ3) is 7.82. The van der Waals surface area contributed by atoms with Crippen LogP contribution in [0.25, 0.3) is 0 Å². The summed E-state index contributed by atoms with van der Waals surface area (Å²) in [6, 6.07) is 5.37. The minimum Gasteiger partial charge on any atom is -0.397 e. The van der Waals surface area contributed by atoms with Crippen molar-refractivity contribution in [3.63, 3.8) is 0 Å². The van der Waals surface area contributed by atoms with Crippen molar-refractivity contribution in [1.29, 1.82) is 0 Å². The molecule has 0 unspecified atom stereocenters. The second-order valence-electron chi connectivity index (χ2n) is 13.5. The number of halogens is 1. The maximum atomic E-state index is 14.1. The average molecular weight is 685 g/mol. The molecule has 2 aromatic rings. The lowest BCUT2D eigenvalue weighted by molar-refractivity contribution is -0.134. The summed E-state index contributed by atoms with van der Waals surface area (Å²) in [5.41, 5.74) is 9.73. The highest BCUT2D eigenvalue weighted by atomic mass is 35.5. The monoisotopic (exact) mass is 684 g/mol. The van der Waals surface area contributed by atoms with Crippen LogP contribution in [0.15, 0.2) is 23.6 Å². The number of nitrogens with two attached hydrogens (primary N) is 1. The van der Waals surface area contributed by atoms with Gasteiger partial charge in [-0.15, -0.1) is 11.3 Å². The number of rotatable bonds is 7. The lowest BCUT2D eigenvalue weighted by Gasteiger charge is -2.41. The van der Waals surface area contributed by atoms with Crippen molar-refractivity contribution in [3.8, 4) is 0 Å². The number of hydrogen-bond donors (Lipinski definition) is 3. The molecule has 256 valence electrons. The lowest BCUT2D eigenvalue weighted by atomic mass is 9.98. The quantitative estimate of drug-likeness (QED) is 0.375. The van der Waals surface area contributed by atoms with Crippen LogP contribution in [0.5, 0.6) is 0 Å². The molecule has 4 aliphatic heterocycles. The summed E-state index contributed by atoms with van der Waals surface area (Å²) in [5.74, 6) is -0.0511. The number of nitrogen functional groups attached to an aromatic ring is 1. The summed E-state index contributed by atoms with van der Waals surface area (Å²) >= 11 is 8.04. The van der Waals surface area contributed by atoms with E-state index in [1.165, 1.54) is 6.42 Å². The van der Waals surface area contributed by atoms with Crippen LogP contribution in [0.4, 0.5) is 20.3 Å². The molecule has 4 N–H and O–H groups in total. The predicted molar refractivity (Wildman–Crippen MR) is 188 cm³/mol. The smallest absolute Gasteiger partial charge is 0.323 e. The molecule has 1 aromatic carbocycles. The molecule has 13 heteroatoms. The van der Waals surface area contributed by atoms with Crippen molar-refractivity contribution < 1.29 is 14.4 Å². The zero-order valence-corrected chi connectivity index (χ0v) is 29.3. The fourth-order valence-electron chi connectivity index (χ4n) is 7.60. The molecular weight excluding hydrogens is 636 g/mol. The molecule has 3 saturated heterocycles. The van der Waals surface area contributed by atoms with E-state index in [9.17, 15) is 14.4 Å². The summed E-state index contributed by atoms with van der Waals surface area (Å²) in [4.78, 5) is 51.3. The van der Waals surface area contributed by atoms with E-state index < -0.39 is 6.04 Å². The number of fused-ring (bicyclic) bond motifs is 1. The van der Waals surface area contributed by atoms with Crippen LogP contribution in [0, 0.1) is 0 Å². The van der Waals surface area contributed by atoms with Gasteiger partial charge in [0.25, 0.3) is 0 Å². The Bertz CT molecular complexity index is 1440. The van der Waals surface area contributed by atoms with Gasteiger partial charge >= 0.3 is 12.1 Å². The van der Waals surface area contributed by atoms with Gasteiger partial charge in [-0.2, -0.15) is 0 Å². The molecule has 0 spiro atoms. The zero-order valence-electron chi connectivity index (χ0n) is 27.7. The largest absolute Gasteiger partial charge is 0.397 e. The first-order valence-corrected chi connectivity index (χ1v) is 18.4. The fraction of sp³-hybridized carbons (Fsp3) is 0.618. The number of benzene rings is 1. The molecule has 4 aliphatic rings. The van der Waals surface area contributed by atoms with E-state index in [-0.39, 0.29) is 24.0 Å². The molecule has 1 atom stereocenters.